The van der Waals surface area contributed by atoms with Gasteiger partial charge in [0, 0.05) is 21.2 Å². The first-order valence-corrected chi connectivity index (χ1v) is 14.2. The predicted molar refractivity (Wildman–Crippen MR) is 163 cm³/mol. The number of benzene rings is 4. The highest BCUT2D eigenvalue weighted by molar-refractivity contribution is 7.22. The fraction of sp³-hybridized carbons (Fsp3) is 0.133. The van der Waals surface area contributed by atoms with Crippen LogP contribution in [-0.4, -0.2) is 24.2 Å². The Morgan fingerprint density at radius 1 is 0.579 bits per heavy atom. The molecular weight excluding hydrogens is 555 g/mol. The summed E-state index contributed by atoms with van der Waals surface area (Å²) in [5, 5.41) is 3.42. The second-order valence-electron chi connectivity index (χ2n) is 8.63. The minimum atomic E-state index is 0.696. The summed E-state index contributed by atoms with van der Waals surface area (Å²) in [7, 11) is 3.25. The largest absolute Gasteiger partial charge is 0.493 e. The van der Waals surface area contributed by atoms with Crippen LogP contribution in [0.2, 0.25) is 10.0 Å². The number of ether oxygens (including phenoxy) is 2. The lowest BCUT2D eigenvalue weighted by molar-refractivity contribution is 0.355. The maximum absolute atomic E-state index is 5.99. The average Bonchev–Trinajstić information content (AvgIpc) is 3.54. The second kappa shape index (κ2) is 11.3. The van der Waals surface area contributed by atoms with Crippen molar-refractivity contribution in [2.75, 3.05) is 14.2 Å². The molecule has 0 saturated heterocycles. The molecule has 0 spiro atoms. The van der Waals surface area contributed by atoms with E-state index in [-0.39, 0.29) is 0 Å². The maximum atomic E-state index is 5.99. The van der Waals surface area contributed by atoms with E-state index in [9.17, 15) is 0 Å². The molecular formula is C30H24Cl2N2O2S2. The molecule has 0 amide bonds. The van der Waals surface area contributed by atoms with Crippen molar-refractivity contribution in [2.24, 2.45) is 0 Å². The lowest BCUT2D eigenvalue weighted by Crippen LogP contribution is -1.90. The normalized spacial score (nSPS) is 10.9. The van der Waals surface area contributed by atoms with Crippen LogP contribution in [0.5, 0.6) is 11.5 Å². The van der Waals surface area contributed by atoms with Crippen LogP contribution in [0.15, 0.2) is 72.8 Å². The number of fused-ring (bicyclic) bond motifs is 2. The minimum absolute atomic E-state index is 0.696. The van der Waals surface area contributed by atoms with Crippen LogP contribution in [0, 0.1) is 13.8 Å². The molecule has 0 saturated carbocycles. The number of aromatic nitrogens is 2. The quantitative estimate of drug-likeness (QED) is 0.209. The van der Waals surface area contributed by atoms with Gasteiger partial charge in [-0.1, -0.05) is 35.3 Å². The molecule has 6 aromatic rings. The Kier molecular flexibility index (Phi) is 7.86. The van der Waals surface area contributed by atoms with E-state index < -0.39 is 0 Å². The van der Waals surface area contributed by atoms with Gasteiger partial charge in [0.15, 0.2) is 11.5 Å². The van der Waals surface area contributed by atoms with Gasteiger partial charge >= 0.3 is 0 Å². The van der Waals surface area contributed by atoms with Crippen molar-refractivity contribution in [1.82, 2.24) is 9.97 Å². The van der Waals surface area contributed by atoms with Crippen LogP contribution in [0.4, 0.5) is 0 Å². The molecule has 0 unspecified atom stereocenters. The number of hydrogen-bond donors (Lipinski definition) is 0. The standard InChI is InChI=1S/C15H12ClNO2S.C15H12ClNS/c1-18-12-5-3-9(7-13(12)19-2)15-17-11-8-10(16)4-6-14(11)20-15;1-9-3-4-11(7-10(9)2)15-17-13-8-12(16)5-6-14(13)18-15/h3-8H,1-2H3;3-8H,1-2H3. The molecule has 6 rings (SSSR count). The van der Waals surface area contributed by atoms with Gasteiger partial charge in [0.25, 0.3) is 0 Å². The number of rotatable bonds is 4. The van der Waals surface area contributed by atoms with E-state index in [4.69, 9.17) is 32.7 Å². The van der Waals surface area contributed by atoms with Gasteiger partial charge in [-0.15, -0.1) is 22.7 Å². The summed E-state index contributed by atoms with van der Waals surface area (Å²) < 4.78 is 12.8. The molecule has 4 nitrogen and oxygen atoms in total. The van der Waals surface area contributed by atoms with Crippen LogP contribution in [-0.2, 0) is 0 Å². The number of methoxy groups -OCH3 is 2. The molecule has 0 aliphatic rings. The molecule has 2 heterocycles. The zero-order valence-corrected chi connectivity index (χ0v) is 24.4. The van der Waals surface area contributed by atoms with Gasteiger partial charge in [-0.2, -0.15) is 0 Å². The highest BCUT2D eigenvalue weighted by atomic mass is 35.5. The van der Waals surface area contributed by atoms with Crippen LogP contribution in [0.3, 0.4) is 0 Å². The Morgan fingerprint density at radius 2 is 1.11 bits per heavy atom. The summed E-state index contributed by atoms with van der Waals surface area (Å²) >= 11 is 15.3. The average molecular weight is 580 g/mol. The van der Waals surface area contributed by atoms with Crippen molar-refractivity contribution in [3.63, 3.8) is 0 Å². The van der Waals surface area contributed by atoms with Crippen molar-refractivity contribution in [3.8, 4) is 32.6 Å². The molecule has 8 heteroatoms. The van der Waals surface area contributed by atoms with Crippen LogP contribution in [0.1, 0.15) is 11.1 Å². The summed E-state index contributed by atoms with van der Waals surface area (Å²) in [6, 6.07) is 23.8. The second-order valence-corrected chi connectivity index (χ2v) is 11.6. The fourth-order valence-corrected chi connectivity index (χ4v) is 6.11. The SMILES string of the molecule is COc1ccc(-c2nc3cc(Cl)ccc3s2)cc1OC.Cc1ccc(-c2nc3cc(Cl)ccc3s2)cc1C. The number of hydrogen-bond acceptors (Lipinski definition) is 6. The summed E-state index contributed by atoms with van der Waals surface area (Å²) in [6.45, 7) is 4.25. The van der Waals surface area contributed by atoms with E-state index >= 15 is 0 Å². The number of halogens is 2. The van der Waals surface area contributed by atoms with Gasteiger partial charge in [-0.25, -0.2) is 9.97 Å². The van der Waals surface area contributed by atoms with Gasteiger partial charge in [-0.05, 0) is 85.6 Å². The fourth-order valence-electron chi connectivity index (χ4n) is 3.89. The third-order valence-corrected chi connectivity index (χ3v) is 8.72. The molecule has 0 radical (unpaired) electrons. The van der Waals surface area contributed by atoms with Crippen molar-refractivity contribution in [2.45, 2.75) is 13.8 Å². The van der Waals surface area contributed by atoms with Gasteiger partial charge in [0.1, 0.15) is 10.0 Å². The molecule has 4 aromatic carbocycles. The van der Waals surface area contributed by atoms with Crippen molar-refractivity contribution in [1.29, 1.82) is 0 Å². The van der Waals surface area contributed by atoms with Crippen molar-refractivity contribution in [3.05, 3.63) is 94.0 Å². The molecule has 0 atom stereocenters. The number of thiazole rings is 2. The highest BCUT2D eigenvalue weighted by Crippen LogP contribution is 2.36. The van der Waals surface area contributed by atoms with Gasteiger partial charge in [0.2, 0.25) is 0 Å². The molecule has 38 heavy (non-hydrogen) atoms. The van der Waals surface area contributed by atoms with Gasteiger partial charge < -0.3 is 9.47 Å². The summed E-state index contributed by atoms with van der Waals surface area (Å²) in [6.07, 6.45) is 0. The Hall–Kier alpha value is -3.16. The monoisotopic (exact) mass is 578 g/mol. The molecule has 192 valence electrons. The first kappa shape index (κ1) is 26.4. The maximum Gasteiger partial charge on any atom is 0.161 e. The van der Waals surface area contributed by atoms with E-state index in [2.05, 4.69) is 42.0 Å². The summed E-state index contributed by atoms with van der Waals surface area (Å²) in [4.78, 5) is 9.26. The third kappa shape index (κ3) is 5.64. The highest BCUT2D eigenvalue weighted by Gasteiger charge is 2.11. The first-order chi connectivity index (χ1) is 18.3. The predicted octanol–water partition coefficient (Wildman–Crippen LogP) is 9.87. The molecule has 0 aliphatic heterocycles. The van der Waals surface area contributed by atoms with Crippen LogP contribution < -0.4 is 9.47 Å². The van der Waals surface area contributed by atoms with Gasteiger partial charge in [0.05, 0.1) is 34.7 Å². The topological polar surface area (TPSA) is 44.2 Å². The van der Waals surface area contributed by atoms with Gasteiger partial charge in [-0.3, -0.25) is 0 Å². The molecule has 0 fully saturated rings. The lowest BCUT2D eigenvalue weighted by Gasteiger charge is -2.08. The lowest BCUT2D eigenvalue weighted by atomic mass is 10.1. The summed E-state index contributed by atoms with van der Waals surface area (Å²) in [5.41, 5.74) is 6.66. The molecule has 0 bridgehead atoms. The van der Waals surface area contributed by atoms with Crippen molar-refractivity contribution < 1.29 is 9.47 Å². The Bertz CT molecular complexity index is 1760. The Labute approximate surface area is 239 Å². The Balaban J connectivity index is 0.000000156. The van der Waals surface area contributed by atoms with E-state index in [1.165, 1.54) is 21.4 Å². The number of aryl methyl sites for hydroxylation is 2. The third-order valence-electron chi connectivity index (χ3n) is 6.08. The van der Waals surface area contributed by atoms with E-state index in [1.807, 2.05) is 54.6 Å². The zero-order chi connectivity index (χ0) is 26.8. The molecule has 0 aliphatic carbocycles. The van der Waals surface area contributed by atoms with E-state index in [0.717, 1.165) is 36.3 Å². The first-order valence-electron chi connectivity index (χ1n) is 11.8. The molecule has 2 aromatic heterocycles. The minimum Gasteiger partial charge on any atom is -0.493 e. The summed E-state index contributed by atoms with van der Waals surface area (Å²) in [5.74, 6) is 1.41. The molecule has 0 N–H and O–H groups in total. The van der Waals surface area contributed by atoms with E-state index in [0.29, 0.717) is 16.5 Å². The van der Waals surface area contributed by atoms with Crippen LogP contribution in [0.25, 0.3) is 41.6 Å². The van der Waals surface area contributed by atoms with E-state index in [1.54, 1.807) is 36.9 Å². The number of nitrogens with zero attached hydrogens (tertiary/aromatic N) is 2. The van der Waals surface area contributed by atoms with Crippen molar-refractivity contribution >= 4 is 66.3 Å². The smallest absolute Gasteiger partial charge is 0.161 e. The van der Waals surface area contributed by atoms with Crippen LogP contribution >= 0.6 is 45.9 Å². The Morgan fingerprint density at radius 3 is 1.63 bits per heavy atom. The zero-order valence-electron chi connectivity index (χ0n) is 21.2.